The van der Waals surface area contributed by atoms with Crippen LogP contribution in [0.4, 0.5) is 4.79 Å². The van der Waals surface area contributed by atoms with Gasteiger partial charge in [-0.25, -0.2) is 4.79 Å². The van der Waals surface area contributed by atoms with Crippen LogP contribution in [-0.2, 0) is 15.3 Å². The SMILES string of the molecule is CCOC(=O)N1CCN(C(=O)CSCc2ccccc2)CC1. The van der Waals surface area contributed by atoms with Gasteiger partial charge < -0.3 is 14.5 Å². The summed E-state index contributed by atoms with van der Waals surface area (Å²) in [7, 11) is 0. The van der Waals surface area contributed by atoms with Crippen LogP contribution < -0.4 is 0 Å². The van der Waals surface area contributed by atoms with E-state index < -0.39 is 0 Å². The van der Waals surface area contributed by atoms with E-state index in [1.807, 2.05) is 23.1 Å². The fourth-order valence-electron chi connectivity index (χ4n) is 2.27. The molecule has 0 spiro atoms. The number of nitrogens with zero attached hydrogens (tertiary/aromatic N) is 2. The first kappa shape index (κ1) is 16.7. The molecule has 6 heteroatoms. The van der Waals surface area contributed by atoms with Crippen LogP contribution in [0, 0.1) is 0 Å². The van der Waals surface area contributed by atoms with Crippen molar-refractivity contribution in [3.05, 3.63) is 35.9 Å². The average Bonchev–Trinajstić information content (AvgIpc) is 2.56. The summed E-state index contributed by atoms with van der Waals surface area (Å²) in [5, 5.41) is 0. The summed E-state index contributed by atoms with van der Waals surface area (Å²) in [6.45, 7) is 4.45. The largest absolute Gasteiger partial charge is 0.450 e. The van der Waals surface area contributed by atoms with Gasteiger partial charge in [0.2, 0.25) is 5.91 Å². The first-order valence-corrected chi connectivity index (χ1v) is 8.67. The number of carbonyl (C=O) groups is 2. The second kappa shape index (κ2) is 8.68. The number of ether oxygens (including phenoxy) is 1. The Labute approximate surface area is 135 Å². The van der Waals surface area contributed by atoms with Crippen LogP contribution in [0.25, 0.3) is 0 Å². The van der Waals surface area contributed by atoms with Crippen LogP contribution in [0.3, 0.4) is 0 Å². The van der Waals surface area contributed by atoms with Crippen molar-refractivity contribution >= 4 is 23.8 Å². The van der Waals surface area contributed by atoms with Crippen LogP contribution >= 0.6 is 11.8 Å². The quantitative estimate of drug-likeness (QED) is 0.834. The summed E-state index contributed by atoms with van der Waals surface area (Å²) in [5.41, 5.74) is 1.23. The molecule has 5 nitrogen and oxygen atoms in total. The highest BCUT2D eigenvalue weighted by Gasteiger charge is 2.24. The second-order valence-corrected chi connectivity index (χ2v) is 6.03. The number of carbonyl (C=O) groups excluding carboxylic acids is 2. The molecule has 120 valence electrons. The molecule has 2 rings (SSSR count). The third-order valence-corrected chi connectivity index (χ3v) is 4.48. The van der Waals surface area contributed by atoms with E-state index >= 15 is 0 Å². The molecule has 0 atom stereocenters. The molecule has 1 aliphatic heterocycles. The smallest absolute Gasteiger partial charge is 0.409 e. The van der Waals surface area contributed by atoms with Gasteiger partial charge in [-0.1, -0.05) is 30.3 Å². The number of rotatable bonds is 5. The predicted molar refractivity (Wildman–Crippen MR) is 87.8 cm³/mol. The van der Waals surface area contributed by atoms with Crippen molar-refractivity contribution in [2.24, 2.45) is 0 Å². The minimum absolute atomic E-state index is 0.143. The van der Waals surface area contributed by atoms with Gasteiger partial charge in [-0.15, -0.1) is 11.8 Å². The van der Waals surface area contributed by atoms with E-state index in [4.69, 9.17) is 4.74 Å². The average molecular weight is 322 g/mol. The molecule has 0 radical (unpaired) electrons. The molecule has 1 aromatic rings. The first-order chi connectivity index (χ1) is 10.7. The lowest BCUT2D eigenvalue weighted by Gasteiger charge is -2.34. The summed E-state index contributed by atoms with van der Waals surface area (Å²) in [6, 6.07) is 10.1. The molecule has 0 saturated carbocycles. The lowest BCUT2D eigenvalue weighted by atomic mass is 10.2. The minimum atomic E-state index is -0.284. The molecule has 1 fully saturated rings. The van der Waals surface area contributed by atoms with E-state index in [2.05, 4.69) is 12.1 Å². The van der Waals surface area contributed by atoms with Crippen molar-refractivity contribution in [3.63, 3.8) is 0 Å². The van der Waals surface area contributed by atoms with E-state index in [-0.39, 0.29) is 12.0 Å². The molecule has 0 N–H and O–H groups in total. The number of piperazine rings is 1. The van der Waals surface area contributed by atoms with Crippen molar-refractivity contribution in [1.29, 1.82) is 0 Å². The predicted octanol–water partition coefficient (Wildman–Crippen LogP) is 2.22. The molecule has 0 aliphatic carbocycles. The normalized spacial score (nSPS) is 14.8. The molecule has 1 saturated heterocycles. The van der Waals surface area contributed by atoms with Gasteiger partial charge in [0.25, 0.3) is 0 Å². The van der Waals surface area contributed by atoms with E-state index in [1.54, 1.807) is 23.6 Å². The van der Waals surface area contributed by atoms with Crippen molar-refractivity contribution in [2.45, 2.75) is 12.7 Å². The molecule has 0 aromatic heterocycles. The van der Waals surface area contributed by atoms with Gasteiger partial charge in [0.15, 0.2) is 0 Å². The molecule has 1 aliphatic rings. The van der Waals surface area contributed by atoms with Gasteiger partial charge in [-0.3, -0.25) is 4.79 Å². The Balaban J connectivity index is 1.68. The second-order valence-electron chi connectivity index (χ2n) is 5.05. The van der Waals surface area contributed by atoms with Gasteiger partial charge >= 0.3 is 6.09 Å². The first-order valence-electron chi connectivity index (χ1n) is 7.52. The van der Waals surface area contributed by atoms with Crippen LogP contribution in [0.1, 0.15) is 12.5 Å². The fourth-order valence-corrected chi connectivity index (χ4v) is 3.16. The highest BCUT2D eigenvalue weighted by molar-refractivity contribution is 7.99. The highest BCUT2D eigenvalue weighted by atomic mass is 32.2. The van der Waals surface area contributed by atoms with Crippen molar-refractivity contribution in [2.75, 3.05) is 38.5 Å². The van der Waals surface area contributed by atoms with Gasteiger partial charge in [0.05, 0.1) is 12.4 Å². The zero-order chi connectivity index (χ0) is 15.8. The highest BCUT2D eigenvalue weighted by Crippen LogP contribution is 2.13. The van der Waals surface area contributed by atoms with Crippen molar-refractivity contribution < 1.29 is 14.3 Å². The van der Waals surface area contributed by atoms with Crippen LogP contribution in [0.15, 0.2) is 30.3 Å². The molecule has 1 aromatic carbocycles. The summed E-state index contributed by atoms with van der Waals surface area (Å²) >= 11 is 1.63. The van der Waals surface area contributed by atoms with Crippen LogP contribution in [0.2, 0.25) is 0 Å². The Kier molecular flexibility index (Phi) is 6.58. The molecule has 1 heterocycles. The van der Waals surface area contributed by atoms with E-state index in [9.17, 15) is 9.59 Å². The topological polar surface area (TPSA) is 49.9 Å². The maximum atomic E-state index is 12.2. The Morgan fingerprint density at radius 3 is 2.36 bits per heavy atom. The Morgan fingerprint density at radius 2 is 1.73 bits per heavy atom. The van der Waals surface area contributed by atoms with Gasteiger partial charge in [-0.05, 0) is 12.5 Å². The van der Waals surface area contributed by atoms with Crippen molar-refractivity contribution in [1.82, 2.24) is 9.80 Å². The van der Waals surface area contributed by atoms with E-state index in [0.29, 0.717) is 38.5 Å². The number of benzene rings is 1. The molecule has 0 unspecified atom stereocenters. The van der Waals surface area contributed by atoms with Gasteiger partial charge in [-0.2, -0.15) is 0 Å². The third kappa shape index (κ3) is 4.94. The van der Waals surface area contributed by atoms with Crippen LogP contribution in [-0.4, -0.2) is 60.3 Å². The maximum Gasteiger partial charge on any atom is 0.409 e. The number of thioether (sulfide) groups is 1. The van der Waals surface area contributed by atoms with E-state index in [1.165, 1.54) is 5.56 Å². The summed E-state index contributed by atoms with van der Waals surface area (Å²) in [4.78, 5) is 27.2. The van der Waals surface area contributed by atoms with E-state index in [0.717, 1.165) is 5.75 Å². The monoisotopic (exact) mass is 322 g/mol. The summed E-state index contributed by atoms with van der Waals surface area (Å²) in [6.07, 6.45) is -0.284. The maximum absolute atomic E-state index is 12.2. The Morgan fingerprint density at radius 1 is 1.09 bits per heavy atom. The lowest BCUT2D eigenvalue weighted by Crippen LogP contribution is -2.51. The molecule has 2 amide bonds. The molecular formula is C16H22N2O3S. The third-order valence-electron chi connectivity index (χ3n) is 3.50. The lowest BCUT2D eigenvalue weighted by molar-refractivity contribution is -0.129. The molecular weight excluding hydrogens is 300 g/mol. The zero-order valence-corrected chi connectivity index (χ0v) is 13.7. The van der Waals surface area contributed by atoms with Crippen LogP contribution in [0.5, 0.6) is 0 Å². The number of hydrogen-bond acceptors (Lipinski definition) is 4. The molecule has 22 heavy (non-hydrogen) atoms. The zero-order valence-electron chi connectivity index (χ0n) is 12.9. The number of hydrogen-bond donors (Lipinski definition) is 0. The summed E-state index contributed by atoms with van der Waals surface area (Å²) in [5.74, 6) is 1.47. The number of amides is 2. The Hall–Kier alpha value is -1.69. The standard InChI is InChI=1S/C16H22N2O3S/c1-2-21-16(20)18-10-8-17(9-11-18)15(19)13-22-12-14-6-4-3-5-7-14/h3-7H,2,8-13H2,1H3. The van der Waals surface area contributed by atoms with Gasteiger partial charge in [0.1, 0.15) is 0 Å². The minimum Gasteiger partial charge on any atom is -0.450 e. The Bertz CT molecular complexity index is 487. The van der Waals surface area contributed by atoms with Gasteiger partial charge in [0, 0.05) is 31.9 Å². The van der Waals surface area contributed by atoms with Crippen molar-refractivity contribution in [3.8, 4) is 0 Å². The summed E-state index contributed by atoms with van der Waals surface area (Å²) < 4.78 is 4.97. The molecule has 0 bridgehead atoms. The fraction of sp³-hybridized carbons (Fsp3) is 0.500.